The smallest absolute Gasteiger partial charge is 0.280 e. The lowest BCUT2D eigenvalue weighted by Crippen LogP contribution is -1.93. The quantitative estimate of drug-likeness (QED) is 0.277. The summed E-state index contributed by atoms with van der Waals surface area (Å²) in [6, 6.07) is 16.4. The topological polar surface area (TPSA) is 82.6 Å². The van der Waals surface area contributed by atoms with Crippen LogP contribution < -0.4 is 4.74 Å². The number of methoxy groups -OCH3 is 1. The van der Waals surface area contributed by atoms with Gasteiger partial charge in [-0.25, -0.2) is 0 Å². The van der Waals surface area contributed by atoms with E-state index in [-0.39, 0.29) is 11.5 Å². The van der Waals surface area contributed by atoms with Gasteiger partial charge >= 0.3 is 0 Å². The van der Waals surface area contributed by atoms with E-state index in [0.717, 1.165) is 0 Å². The van der Waals surface area contributed by atoms with Crippen LogP contribution in [0.25, 0.3) is 17.4 Å². The fourth-order valence-electron chi connectivity index (χ4n) is 2.44. The molecule has 26 heavy (non-hydrogen) atoms. The number of ketones is 1. The van der Waals surface area contributed by atoms with Crippen LogP contribution in [0.1, 0.15) is 16.1 Å². The molecule has 0 aliphatic carbocycles. The molecule has 0 fully saturated rings. The van der Waals surface area contributed by atoms with E-state index in [4.69, 9.17) is 9.15 Å². The minimum Gasteiger partial charge on any atom is -0.497 e. The molecule has 3 aromatic rings. The van der Waals surface area contributed by atoms with Gasteiger partial charge in [0.1, 0.15) is 17.3 Å². The summed E-state index contributed by atoms with van der Waals surface area (Å²) in [6.07, 6.45) is 2.93. The first-order valence-electron chi connectivity index (χ1n) is 7.78. The number of hydrogen-bond acceptors (Lipinski definition) is 5. The Hall–Kier alpha value is -3.67. The number of nitro groups is 1. The van der Waals surface area contributed by atoms with Gasteiger partial charge in [-0.3, -0.25) is 14.9 Å². The van der Waals surface area contributed by atoms with Gasteiger partial charge in [0.2, 0.25) is 0 Å². The molecule has 0 N–H and O–H groups in total. The highest BCUT2D eigenvalue weighted by atomic mass is 16.6. The number of hydrogen-bond donors (Lipinski definition) is 0. The van der Waals surface area contributed by atoms with Crippen molar-refractivity contribution >= 4 is 17.5 Å². The number of nitro benzene ring substituents is 1. The molecule has 3 rings (SSSR count). The highest BCUT2D eigenvalue weighted by Gasteiger charge is 2.16. The maximum atomic E-state index is 12.2. The largest absolute Gasteiger partial charge is 0.497 e. The van der Waals surface area contributed by atoms with E-state index in [0.29, 0.717) is 28.4 Å². The van der Waals surface area contributed by atoms with Crippen LogP contribution in [0.2, 0.25) is 0 Å². The molecule has 0 amide bonds. The van der Waals surface area contributed by atoms with Crippen molar-refractivity contribution in [1.29, 1.82) is 0 Å². The Balaban J connectivity index is 1.79. The fraction of sp³-hybridized carbons (Fsp3) is 0.0500. The molecular weight excluding hydrogens is 334 g/mol. The predicted molar refractivity (Wildman–Crippen MR) is 97.2 cm³/mol. The Kier molecular flexibility index (Phi) is 4.94. The lowest BCUT2D eigenvalue weighted by Gasteiger charge is -2.00. The van der Waals surface area contributed by atoms with Gasteiger partial charge in [0, 0.05) is 11.6 Å². The number of ether oxygens (including phenoxy) is 1. The molecule has 0 saturated carbocycles. The number of nitrogens with zero attached hydrogens (tertiary/aromatic N) is 1. The molecule has 0 atom stereocenters. The zero-order valence-corrected chi connectivity index (χ0v) is 13.9. The first-order valence-corrected chi connectivity index (χ1v) is 7.78. The number of furan rings is 1. The van der Waals surface area contributed by atoms with Crippen LogP contribution in [0, 0.1) is 10.1 Å². The van der Waals surface area contributed by atoms with E-state index < -0.39 is 4.92 Å². The Morgan fingerprint density at radius 3 is 2.50 bits per heavy atom. The standard InChI is InChI=1S/C20H15NO5/c1-25-15-8-6-14(7-9-15)19(22)12-10-16-11-13-20(26-16)17-4-2-3-5-18(17)21(23)24/h2-13H,1H3. The molecule has 0 bridgehead atoms. The van der Waals surface area contributed by atoms with Crippen molar-refractivity contribution in [3.8, 4) is 17.1 Å². The van der Waals surface area contributed by atoms with Crippen LogP contribution in [0.4, 0.5) is 5.69 Å². The molecule has 0 aliphatic rings. The fourth-order valence-corrected chi connectivity index (χ4v) is 2.44. The lowest BCUT2D eigenvalue weighted by molar-refractivity contribution is -0.384. The third-order valence-electron chi connectivity index (χ3n) is 3.77. The van der Waals surface area contributed by atoms with Gasteiger partial charge in [-0.1, -0.05) is 12.1 Å². The Labute approximate surface area is 149 Å². The molecule has 0 saturated heterocycles. The van der Waals surface area contributed by atoms with Gasteiger partial charge in [-0.15, -0.1) is 0 Å². The molecule has 0 radical (unpaired) electrons. The third kappa shape index (κ3) is 3.70. The number of rotatable bonds is 6. The van der Waals surface area contributed by atoms with Crippen LogP contribution in [0.15, 0.2) is 71.2 Å². The van der Waals surface area contributed by atoms with Crippen molar-refractivity contribution in [2.24, 2.45) is 0 Å². The molecule has 130 valence electrons. The molecular formula is C20H15NO5. The molecule has 0 spiro atoms. The van der Waals surface area contributed by atoms with E-state index >= 15 is 0 Å². The SMILES string of the molecule is COc1ccc(C(=O)C=Cc2ccc(-c3ccccc3[N+](=O)[O-])o2)cc1. The molecule has 6 nitrogen and oxygen atoms in total. The number of para-hydroxylation sites is 1. The second-order valence-electron chi connectivity index (χ2n) is 5.40. The highest BCUT2D eigenvalue weighted by Crippen LogP contribution is 2.31. The van der Waals surface area contributed by atoms with Crippen molar-refractivity contribution in [3.05, 3.63) is 88.2 Å². The lowest BCUT2D eigenvalue weighted by atomic mass is 10.1. The van der Waals surface area contributed by atoms with Crippen molar-refractivity contribution in [2.45, 2.75) is 0 Å². The zero-order valence-electron chi connectivity index (χ0n) is 13.9. The summed E-state index contributed by atoms with van der Waals surface area (Å²) in [5.41, 5.74) is 0.873. The van der Waals surface area contributed by atoms with Gasteiger partial charge < -0.3 is 9.15 Å². The molecule has 0 aliphatic heterocycles. The monoisotopic (exact) mass is 349 g/mol. The summed E-state index contributed by atoms with van der Waals surface area (Å²) in [7, 11) is 1.56. The van der Waals surface area contributed by atoms with E-state index in [1.54, 1.807) is 61.7 Å². The second kappa shape index (κ2) is 7.48. The zero-order chi connectivity index (χ0) is 18.5. The molecule has 1 heterocycles. The van der Waals surface area contributed by atoms with Crippen LogP contribution in [-0.2, 0) is 0 Å². The first kappa shape index (κ1) is 17.2. The minimum absolute atomic E-state index is 0.0355. The highest BCUT2D eigenvalue weighted by molar-refractivity contribution is 6.06. The normalized spacial score (nSPS) is 10.8. The average molecular weight is 349 g/mol. The summed E-state index contributed by atoms with van der Waals surface area (Å²) < 4.78 is 10.7. The summed E-state index contributed by atoms with van der Waals surface area (Å²) >= 11 is 0. The third-order valence-corrected chi connectivity index (χ3v) is 3.77. The summed E-state index contributed by atoms with van der Waals surface area (Å²) in [4.78, 5) is 22.8. The summed E-state index contributed by atoms with van der Waals surface area (Å²) in [6.45, 7) is 0. The molecule has 6 heteroatoms. The van der Waals surface area contributed by atoms with Gasteiger partial charge in [0.15, 0.2) is 5.78 Å². The van der Waals surface area contributed by atoms with Crippen LogP contribution >= 0.6 is 0 Å². The van der Waals surface area contributed by atoms with Crippen molar-refractivity contribution in [1.82, 2.24) is 0 Å². The number of carbonyl (C=O) groups excluding carboxylic acids is 1. The Morgan fingerprint density at radius 2 is 1.81 bits per heavy atom. The number of allylic oxidation sites excluding steroid dienone is 1. The number of benzene rings is 2. The average Bonchev–Trinajstić information content (AvgIpc) is 3.15. The van der Waals surface area contributed by atoms with Crippen LogP contribution in [0.3, 0.4) is 0 Å². The molecule has 2 aromatic carbocycles. The Morgan fingerprint density at radius 1 is 1.08 bits per heavy atom. The van der Waals surface area contributed by atoms with Gasteiger partial charge in [0.05, 0.1) is 17.6 Å². The summed E-state index contributed by atoms with van der Waals surface area (Å²) in [5.74, 6) is 1.29. The first-order chi connectivity index (χ1) is 12.6. The predicted octanol–water partition coefficient (Wildman–Crippen LogP) is 4.76. The summed E-state index contributed by atoms with van der Waals surface area (Å²) in [5, 5.41) is 11.1. The van der Waals surface area contributed by atoms with E-state index in [1.807, 2.05) is 0 Å². The number of carbonyl (C=O) groups is 1. The van der Waals surface area contributed by atoms with Gasteiger partial charge in [-0.05, 0) is 54.6 Å². The maximum absolute atomic E-state index is 12.2. The van der Waals surface area contributed by atoms with Crippen molar-refractivity contribution in [2.75, 3.05) is 7.11 Å². The van der Waals surface area contributed by atoms with Gasteiger partial charge in [0.25, 0.3) is 5.69 Å². The van der Waals surface area contributed by atoms with Crippen molar-refractivity contribution < 1.29 is 18.9 Å². The van der Waals surface area contributed by atoms with E-state index in [9.17, 15) is 14.9 Å². The van der Waals surface area contributed by atoms with E-state index in [2.05, 4.69) is 0 Å². The second-order valence-corrected chi connectivity index (χ2v) is 5.40. The maximum Gasteiger partial charge on any atom is 0.280 e. The molecule has 1 aromatic heterocycles. The van der Waals surface area contributed by atoms with E-state index in [1.165, 1.54) is 18.2 Å². The Bertz CT molecular complexity index is 970. The van der Waals surface area contributed by atoms with Crippen molar-refractivity contribution in [3.63, 3.8) is 0 Å². The minimum atomic E-state index is -0.458. The van der Waals surface area contributed by atoms with Gasteiger partial charge in [-0.2, -0.15) is 0 Å². The van der Waals surface area contributed by atoms with Crippen LogP contribution in [-0.4, -0.2) is 17.8 Å². The molecule has 0 unspecified atom stereocenters. The van der Waals surface area contributed by atoms with Crippen LogP contribution in [0.5, 0.6) is 5.75 Å².